The molecule has 0 aromatic rings. The highest BCUT2D eigenvalue weighted by Gasteiger charge is 2.64. The number of ether oxygens (including phenoxy) is 4. The van der Waals surface area contributed by atoms with Gasteiger partial charge >= 0.3 is 0 Å². The zero-order valence-corrected chi connectivity index (χ0v) is 31.4. The first kappa shape index (κ1) is 40.6. The summed E-state index contributed by atoms with van der Waals surface area (Å²) >= 11 is 0. The van der Waals surface area contributed by atoms with Crippen molar-refractivity contribution in [3.8, 4) is 0 Å². The average Bonchev–Trinajstić information content (AvgIpc) is 3.42. The standard InChI is InChI=1S/C39H64O13/c1-18(16-40)6-9-26(43)19(2)29-27(15-25-23-8-7-21-14-22(42)10-12-38(21,4)24(23)11-13-39(25,29)5)50-37-35(33(47)31(45)28(17-41)51-37)52-36-34(48)32(46)30(44)20(3)49-36/h7,18-20,22-25,27-37,40-42,44-48H,6,8-17H2,1-5H3/t18-,19-,20+,22+,23-,24+,25+,27+,28-,29+,30+,31-,32-,33+,34-,35-,36+,37+,38+,39+/m1/s1. The highest BCUT2D eigenvalue weighted by molar-refractivity contribution is 5.81. The number of carbonyl (C=O) groups excluding carboxylic acids is 1. The molecule has 5 fully saturated rings. The molecule has 13 heteroatoms. The normalized spacial score (nSPS) is 50.4. The van der Waals surface area contributed by atoms with E-state index in [1.165, 1.54) is 12.5 Å². The predicted molar refractivity (Wildman–Crippen MR) is 186 cm³/mol. The van der Waals surface area contributed by atoms with Crippen molar-refractivity contribution in [2.24, 2.45) is 46.3 Å². The van der Waals surface area contributed by atoms with E-state index < -0.39 is 80.0 Å². The number of carbonyl (C=O) groups is 1. The van der Waals surface area contributed by atoms with E-state index in [1.807, 2.05) is 13.8 Å². The maximum absolute atomic E-state index is 14.0. The van der Waals surface area contributed by atoms with Crippen molar-refractivity contribution in [3.05, 3.63) is 11.6 Å². The lowest BCUT2D eigenvalue weighted by Crippen LogP contribution is -2.64. The molecular formula is C39H64O13. The second kappa shape index (κ2) is 15.8. The van der Waals surface area contributed by atoms with Crippen LogP contribution in [0.4, 0.5) is 0 Å². The summed E-state index contributed by atoms with van der Waals surface area (Å²) in [6, 6.07) is 0. The molecular weight excluding hydrogens is 676 g/mol. The van der Waals surface area contributed by atoms with E-state index in [9.17, 15) is 45.6 Å². The highest BCUT2D eigenvalue weighted by atomic mass is 16.8. The molecule has 0 aromatic carbocycles. The van der Waals surface area contributed by atoms with E-state index in [4.69, 9.17) is 18.9 Å². The summed E-state index contributed by atoms with van der Waals surface area (Å²) in [5.74, 6) is 0.334. The smallest absolute Gasteiger partial charge is 0.187 e. The third kappa shape index (κ3) is 7.20. The molecule has 0 spiro atoms. The molecule has 0 bridgehead atoms. The molecule has 8 N–H and O–H groups in total. The van der Waals surface area contributed by atoms with E-state index in [0.717, 1.165) is 32.1 Å². The number of aliphatic hydroxyl groups is 8. The lowest BCUT2D eigenvalue weighted by Gasteiger charge is -2.58. The van der Waals surface area contributed by atoms with E-state index in [0.29, 0.717) is 37.5 Å². The monoisotopic (exact) mass is 740 g/mol. The van der Waals surface area contributed by atoms with Gasteiger partial charge < -0.3 is 59.8 Å². The topological polar surface area (TPSA) is 216 Å². The van der Waals surface area contributed by atoms with Crippen molar-refractivity contribution >= 4 is 5.78 Å². The van der Waals surface area contributed by atoms with E-state index in [1.54, 1.807) is 0 Å². The number of hydrogen-bond donors (Lipinski definition) is 8. The number of allylic oxidation sites excluding steroid dienone is 1. The Morgan fingerprint density at radius 3 is 2.33 bits per heavy atom. The minimum Gasteiger partial charge on any atom is -0.396 e. The first-order valence-corrected chi connectivity index (χ1v) is 19.7. The summed E-state index contributed by atoms with van der Waals surface area (Å²) in [5.41, 5.74) is 1.06. The molecule has 0 aromatic heterocycles. The van der Waals surface area contributed by atoms with Gasteiger partial charge in [0.25, 0.3) is 0 Å². The minimum atomic E-state index is -1.69. The molecule has 2 heterocycles. The maximum atomic E-state index is 14.0. The van der Waals surface area contributed by atoms with Crippen molar-refractivity contribution < 1.29 is 64.6 Å². The molecule has 6 rings (SSSR count). The fraction of sp³-hybridized carbons (Fsp3) is 0.923. The van der Waals surface area contributed by atoms with Gasteiger partial charge in [-0.25, -0.2) is 0 Å². The van der Waals surface area contributed by atoms with Gasteiger partial charge in [-0.3, -0.25) is 4.79 Å². The highest BCUT2D eigenvalue weighted by Crippen LogP contribution is 2.67. The molecule has 52 heavy (non-hydrogen) atoms. The van der Waals surface area contributed by atoms with Crippen LogP contribution in [0.1, 0.15) is 92.4 Å². The van der Waals surface area contributed by atoms with Crippen molar-refractivity contribution in [1.82, 2.24) is 0 Å². The summed E-state index contributed by atoms with van der Waals surface area (Å²) in [6.45, 7) is 9.40. The quantitative estimate of drug-likeness (QED) is 0.140. The summed E-state index contributed by atoms with van der Waals surface area (Å²) in [5, 5.41) is 84.0. The minimum absolute atomic E-state index is 0.000232. The lowest BCUT2D eigenvalue weighted by atomic mass is 9.47. The van der Waals surface area contributed by atoms with Crippen LogP contribution in [-0.2, 0) is 23.7 Å². The van der Waals surface area contributed by atoms with Gasteiger partial charge in [0, 0.05) is 24.9 Å². The van der Waals surface area contributed by atoms with Gasteiger partial charge in [-0.05, 0) is 92.8 Å². The van der Waals surface area contributed by atoms with Crippen molar-refractivity contribution in [2.75, 3.05) is 13.2 Å². The van der Waals surface area contributed by atoms with Crippen LogP contribution in [0.3, 0.4) is 0 Å². The molecule has 298 valence electrons. The number of rotatable bonds is 11. The van der Waals surface area contributed by atoms with Gasteiger partial charge in [0.1, 0.15) is 48.5 Å². The zero-order valence-electron chi connectivity index (χ0n) is 31.4. The Morgan fingerprint density at radius 2 is 1.63 bits per heavy atom. The molecule has 2 aliphatic heterocycles. The lowest BCUT2D eigenvalue weighted by molar-refractivity contribution is -0.370. The average molecular weight is 741 g/mol. The first-order valence-electron chi connectivity index (χ1n) is 19.7. The van der Waals surface area contributed by atoms with Crippen molar-refractivity contribution in [2.45, 2.75) is 166 Å². The Hall–Kier alpha value is -1.07. The van der Waals surface area contributed by atoms with Crippen LogP contribution in [0.15, 0.2) is 11.6 Å². The molecule has 6 aliphatic rings. The number of ketones is 1. The molecule has 13 nitrogen and oxygen atoms in total. The third-order valence-electron chi connectivity index (χ3n) is 14.6. The Morgan fingerprint density at radius 1 is 0.904 bits per heavy atom. The van der Waals surface area contributed by atoms with Gasteiger partial charge in [-0.15, -0.1) is 0 Å². The van der Waals surface area contributed by atoms with E-state index in [2.05, 4.69) is 19.9 Å². The van der Waals surface area contributed by atoms with Crippen LogP contribution in [0.5, 0.6) is 0 Å². The molecule has 4 aliphatic carbocycles. The summed E-state index contributed by atoms with van der Waals surface area (Å²) < 4.78 is 24.7. The molecule has 20 atom stereocenters. The fourth-order valence-corrected chi connectivity index (χ4v) is 11.4. The summed E-state index contributed by atoms with van der Waals surface area (Å²) in [7, 11) is 0. The SMILES string of the molecule is C[C@@H](CO)CCC(=O)[C@@H](C)[C@H]1[C@@H](O[C@H]2O[C@H](CO)[C@@H](O)[C@H](O)[C@H]2O[C@@H]2O[C@@H](C)[C@H](O)[C@@H](O)[C@H]2O)C[C@H]2[C@@H]3CC=C4C[C@@H](O)CC[C@]4(C)[C@H]3CC[C@]12C. The third-order valence-corrected chi connectivity index (χ3v) is 14.6. The van der Waals surface area contributed by atoms with Gasteiger partial charge in [-0.2, -0.15) is 0 Å². The Labute approximate surface area is 307 Å². The van der Waals surface area contributed by atoms with Crippen LogP contribution in [0.2, 0.25) is 0 Å². The summed E-state index contributed by atoms with van der Waals surface area (Å²) in [4.78, 5) is 14.0. The van der Waals surface area contributed by atoms with Gasteiger partial charge in [0.2, 0.25) is 0 Å². The molecule has 2 saturated heterocycles. The fourth-order valence-electron chi connectivity index (χ4n) is 11.4. The van der Waals surface area contributed by atoms with Gasteiger partial charge in [-0.1, -0.05) is 39.3 Å². The second-order valence-corrected chi connectivity index (χ2v) is 17.7. The van der Waals surface area contributed by atoms with Gasteiger partial charge in [0.15, 0.2) is 12.6 Å². The van der Waals surface area contributed by atoms with Crippen LogP contribution < -0.4 is 0 Å². The zero-order chi connectivity index (χ0) is 37.9. The second-order valence-electron chi connectivity index (χ2n) is 17.7. The molecule has 0 unspecified atom stereocenters. The Kier molecular flexibility index (Phi) is 12.3. The first-order chi connectivity index (χ1) is 24.5. The van der Waals surface area contributed by atoms with Crippen LogP contribution in [0.25, 0.3) is 0 Å². The Balaban J connectivity index is 1.32. The molecule has 0 amide bonds. The van der Waals surface area contributed by atoms with E-state index in [-0.39, 0.29) is 47.1 Å². The van der Waals surface area contributed by atoms with Gasteiger partial charge in [0.05, 0.1) is 24.9 Å². The van der Waals surface area contributed by atoms with Crippen LogP contribution in [-0.4, -0.2) is 133 Å². The van der Waals surface area contributed by atoms with E-state index >= 15 is 0 Å². The number of fused-ring (bicyclic) bond motifs is 5. The van der Waals surface area contributed by atoms with Crippen molar-refractivity contribution in [1.29, 1.82) is 0 Å². The Bertz CT molecular complexity index is 1280. The molecule has 3 saturated carbocycles. The number of Topliss-reactive ketones (excluding diaryl/α,β-unsaturated/α-hetero) is 1. The van der Waals surface area contributed by atoms with Crippen LogP contribution >= 0.6 is 0 Å². The van der Waals surface area contributed by atoms with Crippen molar-refractivity contribution in [3.63, 3.8) is 0 Å². The van der Waals surface area contributed by atoms with Crippen LogP contribution in [0, 0.1) is 46.3 Å². The molecule has 0 radical (unpaired) electrons. The number of hydrogen-bond acceptors (Lipinski definition) is 13. The predicted octanol–water partition coefficient (Wildman–Crippen LogP) is 1.19. The summed E-state index contributed by atoms with van der Waals surface area (Å²) in [6.07, 6.45) is -6.16. The maximum Gasteiger partial charge on any atom is 0.187 e. The number of aliphatic hydroxyl groups excluding tert-OH is 8. The largest absolute Gasteiger partial charge is 0.396 e.